The molecule has 0 amide bonds. The first kappa shape index (κ1) is 14.0. The summed E-state index contributed by atoms with van der Waals surface area (Å²) in [6, 6.07) is 3.76. The van der Waals surface area contributed by atoms with Gasteiger partial charge in [0.1, 0.15) is 11.3 Å². The molecule has 3 rings (SSSR count). The predicted molar refractivity (Wildman–Crippen MR) is 82.1 cm³/mol. The normalized spacial score (nSPS) is 14.0. The maximum absolute atomic E-state index is 12.2. The molecule has 0 bridgehead atoms. The van der Waals surface area contributed by atoms with Gasteiger partial charge in [0.15, 0.2) is 0 Å². The minimum Gasteiger partial charge on any atom is -0.492 e. The van der Waals surface area contributed by atoms with Crippen LogP contribution in [0.2, 0.25) is 0 Å². The summed E-state index contributed by atoms with van der Waals surface area (Å²) in [4.78, 5) is 15.6. The largest absolute Gasteiger partial charge is 0.492 e. The van der Waals surface area contributed by atoms with E-state index in [-0.39, 0.29) is 5.97 Å². The molecule has 0 spiro atoms. The van der Waals surface area contributed by atoms with Crippen LogP contribution in [0.5, 0.6) is 5.75 Å². The summed E-state index contributed by atoms with van der Waals surface area (Å²) >= 11 is 0. The van der Waals surface area contributed by atoms with Crippen molar-refractivity contribution in [2.45, 2.75) is 39.5 Å². The zero-order valence-corrected chi connectivity index (χ0v) is 12.6. The Balaban J connectivity index is 2.20. The molecule has 1 aliphatic carbocycles. The quantitative estimate of drug-likeness (QED) is 0.874. The molecule has 1 aliphatic rings. The number of aromatic nitrogens is 1. The molecule has 2 aromatic rings. The number of carbonyl (C=O) groups excluding carboxylic acids is 1. The fraction of sp³-hybridized carbons (Fsp3) is 0.471. The van der Waals surface area contributed by atoms with E-state index in [9.17, 15) is 4.79 Å². The zero-order valence-electron chi connectivity index (χ0n) is 12.6. The van der Waals surface area contributed by atoms with Gasteiger partial charge in [-0.2, -0.15) is 0 Å². The summed E-state index contributed by atoms with van der Waals surface area (Å²) < 4.78 is 11.0. The van der Waals surface area contributed by atoms with Crippen LogP contribution in [-0.4, -0.2) is 24.2 Å². The van der Waals surface area contributed by atoms with E-state index in [1.54, 1.807) is 6.07 Å². The second-order valence-electron chi connectivity index (χ2n) is 5.31. The van der Waals surface area contributed by atoms with Gasteiger partial charge in [0.2, 0.25) is 0 Å². The van der Waals surface area contributed by atoms with E-state index in [2.05, 4.69) is 4.98 Å². The highest BCUT2D eigenvalue weighted by Gasteiger charge is 2.23. The Morgan fingerprint density at radius 1 is 1.19 bits per heavy atom. The van der Waals surface area contributed by atoms with Gasteiger partial charge in [-0.05, 0) is 57.2 Å². The molecule has 4 nitrogen and oxygen atoms in total. The van der Waals surface area contributed by atoms with Crippen LogP contribution in [0.15, 0.2) is 12.1 Å². The molecule has 21 heavy (non-hydrogen) atoms. The minimum atomic E-state index is -0.311. The number of hydrogen-bond acceptors (Lipinski definition) is 3. The fourth-order valence-electron chi connectivity index (χ4n) is 3.13. The van der Waals surface area contributed by atoms with Crippen molar-refractivity contribution in [3.05, 3.63) is 29.0 Å². The van der Waals surface area contributed by atoms with Crippen molar-refractivity contribution in [1.29, 1.82) is 0 Å². The molecular formula is C17H21NO3. The van der Waals surface area contributed by atoms with Gasteiger partial charge in [-0.25, -0.2) is 4.79 Å². The first-order valence-corrected chi connectivity index (χ1v) is 7.72. The first-order valence-electron chi connectivity index (χ1n) is 7.72. The summed E-state index contributed by atoms with van der Waals surface area (Å²) in [5.74, 6) is 0.362. The van der Waals surface area contributed by atoms with Gasteiger partial charge in [0.05, 0.1) is 13.2 Å². The molecule has 0 aliphatic heterocycles. The lowest BCUT2D eigenvalue weighted by molar-refractivity contribution is 0.0522. The molecule has 1 aromatic carbocycles. The number of aromatic amines is 1. The molecule has 112 valence electrons. The summed E-state index contributed by atoms with van der Waals surface area (Å²) in [5.41, 5.74) is 4.18. The van der Waals surface area contributed by atoms with Gasteiger partial charge in [0, 0.05) is 16.6 Å². The van der Waals surface area contributed by atoms with Crippen LogP contribution >= 0.6 is 0 Å². The van der Waals surface area contributed by atoms with Gasteiger partial charge >= 0.3 is 5.97 Å². The maximum Gasteiger partial charge on any atom is 0.341 e. The van der Waals surface area contributed by atoms with Crippen LogP contribution in [0.4, 0.5) is 0 Å². The van der Waals surface area contributed by atoms with E-state index in [0.29, 0.717) is 24.5 Å². The highest BCUT2D eigenvalue weighted by molar-refractivity contribution is 6.02. The lowest BCUT2D eigenvalue weighted by Gasteiger charge is -2.14. The smallest absolute Gasteiger partial charge is 0.341 e. The summed E-state index contributed by atoms with van der Waals surface area (Å²) in [6.07, 6.45) is 4.52. The number of fused-ring (bicyclic) bond motifs is 3. The molecule has 1 aromatic heterocycles. The molecule has 0 atom stereocenters. The van der Waals surface area contributed by atoms with E-state index in [0.717, 1.165) is 23.7 Å². The van der Waals surface area contributed by atoms with Crippen molar-refractivity contribution in [3.8, 4) is 5.75 Å². The third kappa shape index (κ3) is 2.39. The standard InChI is InChI=1S/C17H21NO3/c1-3-20-16-12(17(19)21-4-2)9-10-14-15(16)11-7-5-6-8-13(11)18-14/h9-10,18H,3-8H2,1-2H3. The Kier molecular flexibility index (Phi) is 3.86. The third-order valence-electron chi connectivity index (χ3n) is 4.00. The Hall–Kier alpha value is -1.97. The highest BCUT2D eigenvalue weighted by Crippen LogP contribution is 2.37. The van der Waals surface area contributed by atoms with E-state index in [4.69, 9.17) is 9.47 Å². The van der Waals surface area contributed by atoms with Gasteiger partial charge in [-0.3, -0.25) is 0 Å². The zero-order chi connectivity index (χ0) is 14.8. The van der Waals surface area contributed by atoms with Crippen molar-refractivity contribution < 1.29 is 14.3 Å². The molecule has 0 radical (unpaired) electrons. The van der Waals surface area contributed by atoms with Crippen LogP contribution in [0.1, 0.15) is 48.3 Å². The van der Waals surface area contributed by atoms with Gasteiger partial charge in [0.25, 0.3) is 0 Å². The van der Waals surface area contributed by atoms with Gasteiger partial charge < -0.3 is 14.5 Å². The van der Waals surface area contributed by atoms with Crippen LogP contribution in [-0.2, 0) is 17.6 Å². The summed E-state index contributed by atoms with van der Waals surface area (Å²) in [6.45, 7) is 4.65. The monoisotopic (exact) mass is 287 g/mol. The number of benzene rings is 1. The second kappa shape index (κ2) is 5.80. The number of aryl methyl sites for hydroxylation is 2. The van der Waals surface area contributed by atoms with Crippen LogP contribution in [0.25, 0.3) is 10.9 Å². The Morgan fingerprint density at radius 2 is 2.00 bits per heavy atom. The van der Waals surface area contributed by atoms with E-state index >= 15 is 0 Å². The fourth-order valence-corrected chi connectivity index (χ4v) is 3.13. The first-order chi connectivity index (χ1) is 10.3. The van der Waals surface area contributed by atoms with Gasteiger partial charge in [-0.15, -0.1) is 0 Å². The van der Waals surface area contributed by atoms with Crippen molar-refractivity contribution in [1.82, 2.24) is 4.98 Å². The predicted octanol–water partition coefficient (Wildman–Crippen LogP) is 3.62. The van der Waals surface area contributed by atoms with Crippen LogP contribution < -0.4 is 4.74 Å². The van der Waals surface area contributed by atoms with Crippen molar-refractivity contribution in [3.63, 3.8) is 0 Å². The number of esters is 1. The molecule has 0 unspecified atom stereocenters. The van der Waals surface area contributed by atoms with Crippen molar-refractivity contribution >= 4 is 16.9 Å². The second-order valence-corrected chi connectivity index (χ2v) is 5.31. The molecule has 1 heterocycles. The third-order valence-corrected chi connectivity index (χ3v) is 4.00. The number of H-pyrrole nitrogens is 1. The van der Waals surface area contributed by atoms with E-state index < -0.39 is 0 Å². The van der Waals surface area contributed by atoms with Crippen LogP contribution in [0, 0.1) is 0 Å². The number of carbonyl (C=O) groups is 1. The SMILES string of the molecule is CCOC(=O)c1ccc2[nH]c3c(c2c1OCC)CCCC3. The Labute approximate surface area is 124 Å². The lowest BCUT2D eigenvalue weighted by atomic mass is 9.94. The topological polar surface area (TPSA) is 51.3 Å². The number of hydrogen-bond donors (Lipinski definition) is 1. The molecule has 0 saturated heterocycles. The molecule has 0 fully saturated rings. The minimum absolute atomic E-state index is 0.311. The van der Waals surface area contributed by atoms with E-state index in [1.807, 2.05) is 19.9 Å². The Bertz CT molecular complexity index is 672. The van der Waals surface area contributed by atoms with Crippen molar-refractivity contribution in [2.75, 3.05) is 13.2 Å². The highest BCUT2D eigenvalue weighted by atomic mass is 16.5. The summed E-state index contributed by atoms with van der Waals surface area (Å²) in [5, 5.41) is 1.07. The summed E-state index contributed by atoms with van der Waals surface area (Å²) in [7, 11) is 0. The van der Waals surface area contributed by atoms with Crippen LogP contribution in [0.3, 0.4) is 0 Å². The Morgan fingerprint density at radius 3 is 2.76 bits per heavy atom. The number of nitrogens with one attached hydrogen (secondary N) is 1. The lowest BCUT2D eigenvalue weighted by Crippen LogP contribution is -2.08. The molecule has 1 N–H and O–H groups in total. The average Bonchev–Trinajstić information content (AvgIpc) is 2.86. The molecule has 0 saturated carbocycles. The number of ether oxygens (including phenoxy) is 2. The maximum atomic E-state index is 12.2. The van der Waals surface area contributed by atoms with E-state index in [1.165, 1.54) is 24.1 Å². The van der Waals surface area contributed by atoms with Crippen molar-refractivity contribution in [2.24, 2.45) is 0 Å². The average molecular weight is 287 g/mol. The molecule has 4 heteroatoms. The molecular weight excluding hydrogens is 266 g/mol. The number of rotatable bonds is 4. The van der Waals surface area contributed by atoms with Gasteiger partial charge in [-0.1, -0.05) is 0 Å².